The van der Waals surface area contributed by atoms with E-state index in [1.165, 1.54) is 5.39 Å². The van der Waals surface area contributed by atoms with Crippen molar-refractivity contribution in [3.05, 3.63) is 91.0 Å². The van der Waals surface area contributed by atoms with Gasteiger partial charge in [-0.05, 0) is 50.6 Å². The van der Waals surface area contributed by atoms with Crippen LogP contribution in [0.1, 0.15) is 0 Å². The van der Waals surface area contributed by atoms with E-state index in [0.717, 1.165) is 27.6 Å². The fourth-order valence-electron chi connectivity index (χ4n) is 3.13. The molecule has 0 aromatic heterocycles. The van der Waals surface area contributed by atoms with E-state index in [4.69, 9.17) is 0 Å². The lowest BCUT2D eigenvalue weighted by molar-refractivity contribution is 0.426. The Hall–Kier alpha value is -2.88. The molecular weight excluding hydrogens is 307 g/mol. The van der Waals surface area contributed by atoms with Crippen molar-refractivity contribution >= 4 is 23.4 Å². The quantitative estimate of drug-likeness (QED) is 0.562. The van der Waals surface area contributed by atoms with Crippen LogP contribution in [0.3, 0.4) is 0 Å². The van der Waals surface area contributed by atoms with Crippen LogP contribution in [0.2, 0.25) is 0 Å². The lowest BCUT2D eigenvalue weighted by Gasteiger charge is -2.11. The summed E-state index contributed by atoms with van der Waals surface area (Å²) in [6.07, 6.45) is 0. The Balaban J connectivity index is 1.89. The molecule has 0 atom stereocenters. The third kappa shape index (κ3) is 3.20. The first-order chi connectivity index (χ1) is 12.2. The van der Waals surface area contributed by atoms with Gasteiger partial charge in [0.1, 0.15) is 0 Å². The van der Waals surface area contributed by atoms with Gasteiger partial charge in [-0.1, -0.05) is 78.9 Å². The van der Waals surface area contributed by atoms with Crippen LogP contribution in [-0.2, 0) is 0 Å². The highest BCUT2D eigenvalue weighted by molar-refractivity contribution is 6.58. The summed E-state index contributed by atoms with van der Waals surface area (Å²) in [5.74, 6) is 0. The van der Waals surface area contributed by atoms with Crippen molar-refractivity contribution in [1.29, 1.82) is 0 Å². The largest absolute Gasteiger partial charge is 0.488 e. The highest BCUT2D eigenvalue weighted by atomic mass is 16.4. The van der Waals surface area contributed by atoms with Gasteiger partial charge in [0.2, 0.25) is 0 Å². The SMILES string of the molecule is OB(O)c1cc(-c2ccccc2)cc(-c2ccc3ccccc3c2)c1. The number of rotatable bonds is 3. The van der Waals surface area contributed by atoms with E-state index < -0.39 is 7.12 Å². The van der Waals surface area contributed by atoms with Crippen LogP contribution < -0.4 is 5.46 Å². The van der Waals surface area contributed by atoms with Gasteiger partial charge in [-0.15, -0.1) is 0 Å². The maximum Gasteiger partial charge on any atom is 0.488 e. The molecule has 0 heterocycles. The Bertz CT molecular complexity index is 1030. The van der Waals surface area contributed by atoms with E-state index in [-0.39, 0.29) is 0 Å². The van der Waals surface area contributed by atoms with Crippen molar-refractivity contribution in [3.8, 4) is 22.3 Å². The summed E-state index contributed by atoms with van der Waals surface area (Å²) < 4.78 is 0. The van der Waals surface area contributed by atoms with E-state index in [2.05, 4.69) is 36.4 Å². The minimum atomic E-state index is -1.50. The first-order valence-corrected chi connectivity index (χ1v) is 8.26. The highest BCUT2D eigenvalue weighted by Crippen LogP contribution is 2.28. The molecule has 0 aliphatic heterocycles. The molecule has 4 aromatic rings. The number of benzene rings is 4. The van der Waals surface area contributed by atoms with Gasteiger partial charge in [-0.25, -0.2) is 0 Å². The van der Waals surface area contributed by atoms with Gasteiger partial charge in [0.05, 0.1) is 0 Å². The second-order valence-electron chi connectivity index (χ2n) is 6.15. The normalized spacial score (nSPS) is 10.8. The number of fused-ring (bicyclic) bond motifs is 1. The van der Waals surface area contributed by atoms with Gasteiger partial charge in [0.25, 0.3) is 0 Å². The summed E-state index contributed by atoms with van der Waals surface area (Å²) in [5, 5.41) is 21.7. The maximum atomic E-state index is 9.69. The number of hydrogen-bond acceptors (Lipinski definition) is 2. The molecule has 2 nitrogen and oxygen atoms in total. The number of hydrogen-bond donors (Lipinski definition) is 2. The third-order valence-electron chi connectivity index (χ3n) is 4.44. The van der Waals surface area contributed by atoms with E-state index in [1.807, 2.05) is 54.6 Å². The summed E-state index contributed by atoms with van der Waals surface area (Å²) in [7, 11) is -1.50. The molecular formula is C22H17BO2. The minimum absolute atomic E-state index is 0.490. The topological polar surface area (TPSA) is 40.5 Å². The molecule has 0 aliphatic rings. The fourth-order valence-corrected chi connectivity index (χ4v) is 3.13. The fraction of sp³-hybridized carbons (Fsp3) is 0. The molecule has 2 N–H and O–H groups in total. The predicted octanol–water partition coefficient (Wildman–Crippen LogP) is 3.85. The maximum absolute atomic E-state index is 9.69. The lowest BCUT2D eigenvalue weighted by atomic mass is 9.77. The van der Waals surface area contributed by atoms with Crippen LogP contribution in [-0.4, -0.2) is 17.2 Å². The lowest BCUT2D eigenvalue weighted by Crippen LogP contribution is -2.29. The van der Waals surface area contributed by atoms with Crippen molar-refractivity contribution in [3.63, 3.8) is 0 Å². The molecule has 0 unspecified atom stereocenters. The molecule has 4 aromatic carbocycles. The van der Waals surface area contributed by atoms with Gasteiger partial charge in [0.15, 0.2) is 0 Å². The van der Waals surface area contributed by atoms with E-state index in [9.17, 15) is 10.0 Å². The molecule has 0 saturated carbocycles. The van der Waals surface area contributed by atoms with Crippen molar-refractivity contribution in [1.82, 2.24) is 0 Å². The summed E-state index contributed by atoms with van der Waals surface area (Å²) in [5.41, 5.74) is 4.53. The van der Waals surface area contributed by atoms with Gasteiger partial charge >= 0.3 is 7.12 Å². The van der Waals surface area contributed by atoms with Crippen molar-refractivity contribution in [2.45, 2.75) is 0 Å². The van der Waals surface area contributed by atoms with Crippen LogP contribution in [0.25, 0.3) is 33.0 Å². The van der Waals surface area contributed by atoms with E-state index in [1.54, 1.807) is 0 Å². The monoisotopic (exact) mass is 324 g/mol. The Morgan fingerprint density at radius 1 is 0.480 bits per heavy atom. The molecule has 0 aliphatic carbocycles. The Labute approximate surface area is 147 Å². The Morgan fingerprint density at radius 3 is 1.84 bits per heavy atom. The summed E-state index contributed by atoms with van der Waals surface area (Å²) >= 11 is 0. The smallest absolute Gasteiger partial charge is 0.423 e. The highest BCUT2D eigenvalue weighted by Gasteiger charge is 2.14. The van der Waals surface area contributed by atoms with Crippen molar-refractivity contribution < 1.29 is 10.0 Å². The van der Waals surface area contributed by atoms with Crippen LogP contribution in [0, 0.1) is 0 Å². The first kappa shape index (κ1) is 15.6. The standard InChI is InChI=1S/C22H17BO2/c24-23(25)22-14-20(16-6-2-1-3-7-16)13-21(15-22)19-11-10-17-8-4-5-9-18(17)12-19/h1-15,24-25H. The Morgan fingerprint density at radius 2 is 1.12 bits per heavy atom. The molecule has 25 heavy (non-hydrogen) atoms. The molecule has 3 heteroatoms. The molecule has 0 radical (unpaired) electrons. The van der Waals surface area contributed by atoms with E-state index >= 15 is 0 Å². The van der Waals surface area contributed by atoms with Gasteiger partial charge in [-0.2, -0.15) is 0 Å². The second kappa shape index (κ2) is 6.56. The van der Waals surface area contributed by atoms with Crippen molar-refractivity contribution in [2.75, 3.05) is 0 Å². The Kier molecular flexibility index (Phi) is 4.10. The summed E-state index contributed by atoms with van der Waals surface area (Å²) in [4.78, 5) is 0. The van der Waals surface area contributed by atoms with Crippen LogP contribution in [0.5, 0.6) is 0 Å². The molecule has 0 saturated heterocycles. The summed E-state index contributed by atoms with van der Waals surface area (Å²) in [6, 6.07) is 30.2. The molecule has 4 rings (SSSR count). The third-order valence-corrected chi connectivity index (χ3v) is 4.44. The zero-order valence-electron chi connectivity index (χ0n) is 13.6. The summed E-state index contributed by atoms with van der Waals surface area (Å²) in [6.45, 7) is 0. The van der Waals surface area contributed by atoms with Gasteiger partial charge in [0, 0.05) is 0 Å². The molecule has 0 bridgehead atoms. The zero-order chi connectivity index (χ0) is 17.2. The molecule has 0 fully saturated rings. The van der Waals surface area contributed by atoms with E-state index in [0.29, 0.717) is 5.46 Å². The van der Waals surface area contributed by atoms with Crippen molar-refractivity contribution in [2.24, 2.45) is 0 Å². The molecule has 0 spiro atoms. The zero-order valence-corrected chi connectivity index (χ0v) is 13.6. The first-order valence-electron chi connectivity index (χ1n) is 8.26. The molecule has 0 amide bonds. The van der Waals surface area contributed by atoms with Gasteiger partial charge in [-0.3, -0.25) is 0 Å². The minimum Gasteiger partial charge on any atom is -0.423 e. The average Bonchev–Trinajstić information content (AvgIpc) is 2.68. The average molecular weight is 324 g/mol. The van der Waals surface area contributed by atoms with Gasteiger partial charge < -0.3 is 10.0 Å². The second-order valence-corrected chi connectivity index (χ2v) is 6.15. The van der Waals surface area contributed by atoms with Crippen LogP contribution in [0.4, 0.5) is 0 Å². The van der Waals surface area contributed by atoms with Crippen LogP contribution >= 0.6 is 0 Å². The van der Waals surface area contributed by atoms with Crippen LogP contribution in [0.15, 0.2) is 91.0 Å². The predicted molar refractivity (Wildman–Crippen MR) is 105 cm³/mol. The molecule has 120 valence electrons.